The molecule has 0 aliphatic carbocycles. The molecule has 0 saturated carbocycles. The molecule has 0 radical (unpaired) electrons. The van der Waals surface area contributed by atoms with Crippen LogP contribution in [0.5, 0.6) is 0 Å². The Morgan fingerprint density at radius 2 is 2.13 bits per heavy atom. The first-order valence-corrected chi connectivity index (χ1v) is 7.77. The van der Waals surface area contributed by atoms with Crippen molar-refractivity contribution in [3.63, 3.8) is 0 Å². The second-order valence-electron chi connectivity index (χ2n) is 5.95. The smallest absolute Gasteiger partial charge is 0.233 e. The number of methoxy groups -OCH3 is 1. The van der Waals surface area contributed by atoms with E-state index in [0.29, 0.717) is 18.3 Å². The Labute approximate surface area is 134 Å². The molecule has 0 N–H and O–H groups in total. The van der Waals surface area contributed by atoms with E-state index in [1.54, 1.807) is 7.11 Å². The minimum absolute atomic E-state index is 0.0642. The van der Waals surface area contributed by atoms with Gasteiger partial charge in [-0.1, -0.05) is 18.2 Å². The Morgan fingerprint density at radius 3 is 2.87 bits per heavy atom. The first-order valence-electron chi connectivity index (χ1n) is 7.77. The Hall–Kier alpha value is -2.18. The summed E-state index contributed by atoms with van der Waals surface area (Å²) in [6, 6.07) is 10.2. The molecule has 23 heavy (non-hydrogen) atoms. The lowest BCUT2D eigenvalue weighted by Crippen LogP contribution is -2.24. The van der Waals surface area contributed by atoms with Crippen molar-refractivity contribution in [2.45, 2.75) is 32.0 Å². The molecule has 2 aromatic heterocycles. The first kappa shape index (κ1) is 14.4. The number of aryl methyl sites for hydroxylation is 1. The summed E-state index contributed by atoms with van der Waals surface area (Å²) in [5.74, 6) is 2.17. The molecular weight excluding hydrogens is 294 g/mol. The van der Waals surface area contributed by atoms with E-state index < -0.39 is 0 Å². The van der Waals surface area contributed by atoms with Gasteiger partial charge in [-0.05, 0) is 18.6 Å². The Kier molecular flexibility index (Phi) is 3.63. The normalized spacial score (nSPS) is 22.2. The second kappa shape index (κ2) is 5.79. The molecule has 1 aliphatic heterocycles. The van der Waals surface area contributed by atoms with Crippen LogP contribution >= 0.6 is 0 Å². The lowest BCUT2D eigenvalue weighted by atomic mass is 10.2. The molecule has 1 fully saturated rings. The number of aromatic nitrogens is 2. The fourth-order valence-corrected chi connectivity index (χ4v) is 3.23. The molecule has 3 heterocycles. The molecule has 6 nitrogen and oxygen atoms in total. The van der Waals surface area contributed by atoms with E-state index in [4.69, 9.17) is 13.6 Å². The molecule has 1 aliphatic rings. The monoisotopic (exact) mass is 313 g/mol. The second-order valence-corrected chi connectivity index (χ2v) is 5.95. The standard InChI is InChI=1S/C17H19N3O3/c1-11-18-19-17(22-11)15-8-13(21-2)9-20(15)10-14-7-12-5-3-4-6-16(12)23-14/h3-7,13,15H,8-10H2,1-2H3/t13-,15+/m0/s1. The molecule has 1 aromatic carbocycles. The van der Waals surface area contributed by atoms with Gasteiger partial charge in [0, 0.05) is 26.0 Å². The van der Waals surface area contributed by atoms with Crippen LogP contribution in [0, 0.1) is 6.92 Å². The number of para-hydroxylation sites is 1. The van der Waals surface area contributed by atoms with E-state index in [0.717, 1.165) is 29.7 Å². The van der Waals surface area contributed by atoms with Gasteiger partial charge in [0.15, 0.2) is 0 Å². The SMILES string of the molecule is CO[C@H]1C[C@H](c2nnc(C)o2)N(Cc2cc3ccccc3o2)C1. The van der Waals surface area contributed by atoms with Crippen LogP contribution in [0.4, 0.5) is 0 Å². The average molecular weight is 313 g/mol. The number of furan rings is 1. The number of nitrogens with zero attached hydrogens (tertiary/aromatic N) is 3. The molecule has 0 spiro atoms. The molecule has 6 heteroatoms. The maximum atomic E-state index is 5.94. The van der Waals surface area contributed by atoms with Crippen LogP contribution in [-0.4, -0.2) is 34.9 Å². The highest BCUT2D eigenvalue weighted by Gasteiger charge is 2.37. The highest BCUT2D eigenvalue weighted by Crippen LogP contribution is 2.34. The summed E-state index contributed by atoms with van der Waals surface area (Å²) in [5.41, 5.74) is 0.912. The Bertz CT molecular complexity index is 777. The van der Waals surface area contributed by atoms with Crippen molar-refractivity contribution >= 4 is 11.0 Å². The van der Waals surface area contributed by atoms with Gasteiger partial charge < -0.3 is 13.6 Å². The van der Waals surface area contributed by atoms with Gasteiger partial charge in [-0.15, -0.1) is 10.2 Å². The number of hydrogen-bond donors (Lipinski definition) is 0. The minimum atomic E-state index is 0.0642. The van der Waals surface area contributed by atoms with Gasteiger partial charge in [0.1, 0.15) is 11.3 Å². The van der Waals surface area contributed by atoms with Gasteiger partial charge in [-0.3, -0.25) is 4.90 Å². The van der Waals surface area contributed by atoms with Crippen LogP contribution in [0.25, 0.3) is 11.0 Å². The predicted molar refractivity (Wildman–Crippen MR) is 83.8 cm³/mol. The number of fused-ring (bicyclic) bond motifs is 1. The largest absolute Gasteiger partial charge is 0.460 e. The number of benzene rings is 1. The van der Waals surface area contributed by atoms with E-state index in [1.165, 1.54) is 0 Å². The predicted octanol–water partition coefficient (Wildman–Crippen LogP) is 3.09. The summed E-state index contributed by atoms with van der Waals surface area (Å²) in [5, 5.41) is 9.26. The lowest BCUT2D eigenvalue weighted by Gasteiger charge is -2.19. The third kappa shape index (κ3) is 2.75. The summed E-state index contributed by atoms with van der Waals surface area (Å²) >= 11 is 0. The zero-order chi connectivity index (χ0) is 15.8. The van der Waals surface area contributed by atoms with E-state index in [9.17, 15) is 0 Å². The van der Waals surface area contributed by atoms with Gasteiger partial charge >= 0.3 is 0 Å². The third-order valence-electron chi connectivity index (χ3n) is 4.36. The zero-order valence-corrected chi connectivity index (χ0v) is 13.2. The summed E-state index contributed by atoms with van der Waals surface area (Å²) in [6.45, 7) is 3.32. The molecule has 120 valence electrons. The Balaban J connectivity index is 1.59. The van der Waals surface area contributed by atoms with E-state index in [1.807, 2.05) is 25.1 Å². The van der Waals surface area contributed by atoms with Crippen molar-refractivity contribution in [2.75, 3.05) is 13.7 Å². The minimum Gasteiger partial charge on any atom is -0.460 e. The van der Waals surface area contributed by atoms with Gasteiger partial charge in [-0.2, -0.15) is 0 Å². The topological polar surface area (TPSA) is 64.5 Å². The average Bonchev–Trinajstić information content (AvgIpc) is 3.24. The van der Waals surface area contributed by atoms with Crippen LogP contribution in [-0.2, 0) is 11.3 Å². The van der Waals surface area contributed by atoms with E-state index in [2.05, 4.69) is 27.2 Å². The highest BCUT2D eigenvalue weighted by molar-refractivity contribution is 5.77. The van der Waals surface area contributed by atoms with Crippen LogP contribution in [0.2, 0.25) is 0 Å². The quantitative estimate of drug-likeness (QED) is 0.737. The number of ether oxygens (including phenoxy) is 1. The number of hydrogen-bond acceptors (Lipinski definition) is 6. The van der Waals surface area contributed by atoms with Crippen molar-refractivity contribution in [2.24, 2.45) is 0 Å². The number of likely N-dealkylation sites (tertiary alicyclic amines) is 1. The molecular formula is C17H19N3O3. The highest BCUT2D eigenvalue weighted by atomic mass is 16.5. The van der Waals surface area contributed by atoms with Gasteiger partial charge in [-0.25, -0.2) is 0 Å². The van der Waals surface area contributed by atoms with Crippen molar-refractivity contribution in [1.82, 2.24) is 15.1 Å². The summed E-state index contributed by atoms with van der Waals surface area (Å²) < 4.78 is 17.1. The summed E-state index contributed by atoms with van der Waals surface area (Å²) in [7, 11) is 1.74. The van der Waals surface area contributed by atoms with Gasteiger partial charge in [0.25, 0.3) is 0 Å². The van der Waals surface area contributed by atoms with Crippen molar-refractivity contribution in [3.05, 3.63) is 47.9 Å². The maximum Gasteiger partial charge on any atom is 0.233 e. The maximum absolute atomic E-state index is 5.94. The van der Waals surface area contributed by atoms with E-state index in [-0.39, 0.29) is 12.1 Å². The van der Waals surface area contributed by atoms with Crippen LogP contribution in [0.1, 0.15) is 30.0 Å². The van der Waals surface area contributed by atoms with E-state index >= 15 is 0 Å². The molecule has 0 amide bonds. The van der Waals surface area contributed by atoms with Crippen molar-refractivity contribution in [1.29, 1.82) is 0 Å². The fraction of sp³-hybridized carbons (Fsp3) is 0.412. The molecule has 0 bridgehead atoms. The molecule has 0 unspecified atom stereocenters. The lowest BCUT2D eigenvalue weighted by molar-refractivity contribution is 0.106. The van der Waals surface area contributed by atoms with Crippen molar-refractivity contribution < 1.29 is 13.6 Å². The zero-order valence-electron chi connectivity index (χ0n) is 13.2. The fourth-order valence-electron chi connectivity index (χ4n) is 3.23. The van der Waals surface area contributed by atoms with Crippen molar-refractivity contribution in [3.8, 4) is 0 Å². The van der Waals surface area contributed by atoms with Crippen LogP contribution < -0.4 is 0 Å². The molecule has 1 saturated heterocycles. The number of rotatable bonds is 4. The summed E-state index contributed by atoms with van der Waals surface area (Å²) in [4.78, 5) is 2.28. The van der Waals surface area contributed by atoms with Gasteiger partial charge in [0.05, 0.1) is 18.7 Å². The van der Waals surface area contributed by atoms with Crippen LogP contribution in [0.15, 0.2) is 39.2 Å². The molecule has 4 rings (SSSR count). The Morgan fingerprint density at radius 1 is 1.26 bits per heavy atom. The van der Waals surface area contributed by atoms with Crippen LogP contribution in [0.3, 0.4) is 0 Å². The summed E-state index contributed by atoms with van der Waals surface area (Å²) in [6.07, 6.45) is 1.01. The first-order chi connectivity index (χ1) is 11.2. The molecule has 3 aromatic rings. The third-order valence-corrected chi connectivity index (χ3v) is 4.36. The van der Waals surface area contributed by atoms with Gasteiger partial charge in [0.2, 0.25) is 11.8 Å². The molecule has 2 atom stereocenters.